The van der Waals surface area contributed by atoms with Crippen molar-refractivity contribution in [1.82, 2.24) is 9.88 Å². The van der Waals surface area contributed by atoms with Crippen molar-refractivity contribution in [1.29, 1.82) is 0 Å². The summed E-state index contributed by atoms with van der Waals surface area (Å²) in [6, 6.07) is 18.7. The fourth-order valence-electron chi connectivity index (χ4n) is 3.20. The number of aromatic nitrogens is 1. The Morgan fingerprint density at radius 2 is 1.83 bits per heavy atom. The molecule has 2 aromatic carbocycles. The summed E-state index contributed by atoms with van der Waals surface area (Å²) in [5.41, 5.74) is 0.710. The molecule has 1 unspecified atom stereocenters. The zero-order chi connectivity index (χ0) is 21.2. The van der Waals surface area contributed by atoms with E-state index in [0.29, 0.717) is 27.9 Å². The monoisotopic (exact) mass is 457 g/mol. The first-order valence-electron chi connectivity index (χ1n) is 9.13. The van der Waals surface area contributed by atoms with Gasteiger partial charge in [-0.25, -0.2) is 8.42 Å². The molecule has 0 radical (unpaired) electrons. The van der Waals surface area contributed by atoms with E-state index >= 15 is 0 Å². The molecule has 0 amide bonds. The van der Waals surface area contributed by atoms with Crippen LogP contribution in [0.1, 0.15) is 11.1 Å². The zero-order valence-electron chi connectivity index (χ0n) is 15.8. The highest BCUT2D eigenvalue weighted by Crippen LogP contribution is 2.40. The van der Waals surface area contributed by atoms with Gasteiger partial charge in [0.25, 0.3) is 10.0 Å². The molecule has 1 atom stereocenters. The maximum Gasteiger partial charge on any atom is 0.261 e. The lowest BCUT2D eigenvalue weighted by Gasteiger charge is -2.34. The van der Waals surface area contributed by atoms with Crippen molar-refractivity contribution in [3.63, 3.8) is 0 Å². The molecule has 2 heterocycles. The number of hydrogen-bond acceptors (Lipinski definition) is 6. The molecule has 4 rings (SSSR count). The summed E-state index contributed by atoms with van der Waals surface area (Å²) in [6.07, 6.45) is 3.44. The summed E-state index contributed by atoms with van der Waals surface area (Å²) in [7, 11) is -3.68. The van der Waals surface area contributed by atoms with Crippen LogP contribution in [0.2, 0.25) is 0 Å². The predicted molar refractivity (Wildman–Crippen MR) is 122 cm³/mol. The second-order valence-electron chi connectivity index (χ2n) is 6.81. The zero-order valence-corrected chi connectivity index (χ0v) is 18.3. The second kappa shape index (κ2) is 8.35. The van der Waals surface area contributed by atoms with E-state index in [1.165, 1.54) is 23.9 Å². The Hall–Kier alpha value is -2.46. The minimum Gasteiger partial charge on any atom is -0.366 e. The number of pyridine rings is 1. The largest absolute Gasteiger partial charge is 0.366 e. The van der Waals surface area contributed by atoms with Crippen LogP contribution in [0, 0.1) is 0 Å². The maximum absolute atomic E-state index is 12.5. The normalized spacial score (nSPS) is 19.1. The molecule has 6 nitrogen and oxygen atoms in total. The van der Waals surface area contributed by atoms with Gasteiger partial charge in [0.1, 0.15) is 4.32 Å². The molecule has 1 aliphatic heterocycles. The molecule has 1 aliphatic rings. The number of nitrogens with one attached hydrogen (secondary N) is 1. The van der Waals surface area contributed by atoms with Crippen LogP contribution >= 0.6 is 24.0 Å². The van der Waals surface area contributed by atoms with Gasteiger partial charge in [-0.3, -0.25) is 9.71 Å². The van der Waals surface area contributed by atoms with E-state index in [1.54, 1.807) is 59.8 Å². The first kappa shape index (κ1) is 20.8. The van der Waals surface area contributed by atoms with E-state index in [4.69, 9.17) is 12.2 Å². The van der Waals surface area contributed by atoms with Crippen LogP contribution in [-0.2, 0) is 22.3 Å². The van der Waals surface area contributed by atoms with Crippen LogP contribution in [0.25, 0.3) is 0 Å². The van der Waals surface area contributed by atoms with Crippen molar-refractivity contribution in [3.05, 3.63) is 90.3 Å². The van der Waals surface area contributed by atoms with Gasteiger partial charge in [-0.1, -0.05) is 60.4 Å². The lowest BCUT2D eigenvalue weighted by Crippen LogP contribution is -2.44. The summed E-state index contributed by atoms with van der Waals surface area (Å²) < 4.78 is 28.2. The number of anilines is 1. The highest BCUT2D eigenvalue weighted by Gasteiger charge is 2.44. The molecule has 1 aromatic heterocycles. The Morgan fingerprint density at radius 1 is 1.10 bits per heavy atom. The summed E-state index contributed by atoms with van der Waals surface area (Å²) in [6.45, 7) is 0.429. The molecule has 30 heavy (non-hydrogen) atoms. The molecule has 9 heteroatoms. The molecule has 3 aromatic rings. The highest BCUT2D eigenvalue weighted by molar-refractivity contribution is 8.23. The topological polar surface area (TPSA) is 82.5 Å². The molecular weight excluding hydrogens is 438 g/mol. The molecule has 154 valence electrons. The predicted octanol–water partition coefficient (Wildman–Crippen LogP) is 3.56. The second-order valence-corrected chi connectivity index (χ2v) is 10.1. The Labute approximate surface area is 185 Å². The van der Waals surface area contributed by atoms with Gasteiger partial charge in [0, 0.05) is 30.2 Å². The van der Waals surface area contributed by atoms with Crippen molar-refractivity contribution >= 4 is 44.0 Å². The molecule has 1 fully saturated rings. The quantitative estimate of drug-likeness (QED) is 0.548. The summed E-state index contributed by atoms with van der Waals surface area (Å²) in [4.78, 5) is 6.08. The van der Waals surface area contributed by atoms with E-state index in [0.717, 1.165) is 5.56 Å². The van der Waals surface area contributed by atoms with Crippen LogP contribution in [0.15, 0.2) is 84.0 Å². The average molecular weight is 458 g/mol. The number of rotatable bonds is 6. The molecule has 0 bridgehead atoms. The number of aliphatic hydroxyl groups is 1. The van der Waals surface area contributed by atoms with E-state index in [1.807, 2.05) is 12.1 Å². The van der Waals surface area contributed by atoms with Crippen molar-refractivity contribution < 1.29 is 13.5 Å². The van der Waals surface area contributed by atoms with E-state index in [-0.39, 0.29) is 4.90 Å². The van der Waals surface area contributed by atoms with Crippen LogP contribution in [0.3, 0.4) is 0 Å². The van der Waals surface area contributed by atoms with E-state index in [9.17, 15) is 13.5 Å². The Kier molecular flexibility index (Phi) is 5.79. The maximum atomic E-state index is 12.5. The number of sulfonamides is 1. The van der Waals surface area contributed by atoms with Crippen molar-refractivity contribution in [2.75, 3.05) is 10.5 Å². The third-order valence-electron chi connectivity index (χ3n) is 4.78. The van der Waals surface area contributed by atoms with Gasteiger partial charge >= 0.3 is 0 Å². The lowest BCUT2D eigenvalue weighted by atomic mass is 10.0. The SMILES string of the molecule is O=S(=O)(Nc1ccc(C2(O)CSC(=S)N2Cc2cccnc2)cc1)c1ccccc1. The highest BCUT2D eigenvalue weighted by atomic mass is 32.2. The summed E-state index contributed by atoms with van der Waals surface area (Å²) >= 11 is 6.87. The standard InChI is InChI=1S/C21H19N3O3S3/c25-21(15-29-20(28)24(21)14-16-5-4-12-22-13-16)17-8-10-18(11-9-17)23-30(26,27)19-6-2-1-3-7-19/h1-13,23,25H,14-15H2. The van der Waals surface area contributed by atoms with E-state index < -0.39 is 15.7 Å². The van der Waals surface area contributed by atoms with Crippen molar-refractivity contribution in [2.45, 2.75) is 17.2 Å². The van der Waals surface area contributed by atoms with Crippen LogP contribution in [0.4, 0.5) is 5.69 Å². The Bertz CT molecular complexity index is 1140. The summed E-state index contributed by atoms with van der Waals surface area (Å²) in [5, 5.41) is 11.4. The lowest BCUT2D eigenvalue weighted by molar-refractivity contribution is -0.0508. The van der Waals surface area contributed by atoms with Crippen LogP contribution in [-0.4, -0.2) is 33.5 Å². The summed E-state index contributed by atoms with van der Waals surface area (Å²) in [5.74, 6) is 0.390. The number of benzene rings is 2. The smallest absolute Gasteiger partial charge is 0.261 e. The van der Waals surface area contributed by atoms with Gasteiger partial charge in [0.15, 0.2) is 5.72 Å². The van der Waals surface area contributed by atoms with E-state index in [2.05, 4.69) is 9.71 Å². The minimum atomic E-state index is -3.68. The van der Waals surface area contributed by atoms with Gasteiger partial charge < -0.3 is 10.0 Å². The van der Waals surface area contributed by atoms with Crippen LogP contribution < -0.4 is 4.72 Å². The van der Waals surface area contributed by atoms with Gasteiger partial charge in [-0.15, -0.1) is 0 Å². The van der Waals surface area contributed by atoms with Crippen molar-refractivity contribution in [2.24, 2.45) is 0 Å². The molecule has 1 saturated heterocycles. The fraction of sp³-hybridized carbons (Fsp3) is 0.143. The van der Waals surface area contributed by atoms with Gasteiger partial charge in [0.2, 0.25) is 0 Å². The van der Waals surface area contributed by atoms with Gasteiger partial charge in [-0.2, -0.15) is 0 Å². The average Bonchev–Trinajstić information content (AvgIpc) is 3.05. The minimum absolute atomic E-state index is 0.188. The van der Waals surface area contributed by atoms with Gasteiger partial charge in [-0.05, 0) is 35.9 Å². The molecule has 0 spiro atoms. The number of thiocarbonyl (C=S) groups is 1. The fourth-order valence-corrected chi connectivity index (χ4v) is 5.69. The first-order valence-corrected chi connectivity index (χ1v) is 12.0. The molecule has 0 saturated carbocycles. The third kappa shape index (κ3) is 4.20. The Morgan fingerprint density at radius 3 is 2.50 bits per heavy atom. The third-order valence-corrected chi connectivity index (χ3v) is 7.77. The first-order chi connectivity index (χ1) is 14.4. The molecule has 0 aliphatic carbocycles. The van der Waals surface area contributed by atoms with Crippen molar-refractivity contribution in [3.8, 4) is 0 Å². The van der Waals surface area contributed by atoms with Gasteiger partial charge in [0.05, 0.1) is 10.6 Å². The number of thioether (sulfide) groups is 1. The Balaban J connectivity index is 1.56. The van der Waals surface area contributed by atoms with Crippen LogP contribution in [0.5, 0.6) is 0 Å². The molecular formula is C21H19N3O3S3. The number of nitrogens with zero attached hydrogens (tertiary/aromatic N) is 2. The number of hydrogen-bond donors (Lipinski definition) is 2. The molecule has 2 N–H and O–H groups in total.